The molecule has 11 heteroatoms. The Morgan fingerprint density at radius 3 is 2.43 bits per heavy atom. The molecular formula is C24H18Cl3N5O2S. The number of hydrogen-bond acceptors (Lipinski definition) is 6. The van der Waals surface area contributed by atoms with E-state index in [1.54, 1.807) is 37.4 Å². The van der Waals surface area contributed by atoms with E-state index in [2.05, 4.69) is 20.7 Å². The van der Waals surface area contributed by atoms with Gasteiger partial charge >= 0.3 is 0 Å². The topological polar surface area (TPSA) is 81.4 Å². The van der Waals surface area contributed by atoms with Gasteiger partial charge in [0.25, 0.3) is 5.91 Å². The van der Waals surface area contributed by atoms with Crippen molar-refractivity contribution in [3.05, 3.63) is 87.4 Å². The highest BCUT2D eigenvalue weighted by molar-refractivity contribution is 7.99. The molecule has 0 aliphatic heterocycles. The predicted octanol–water partition coefficient (Wildman–Crippen LogP) is 6.15. The molecule has 0 saturated heterocycles. The van der Waals surface area contributed by atoms with E-state index in [0.29, 0.717) is 31.6 Å². The third-order valence-electron chi connectivity index (χ3n) is 4.75. The summed E-state index contributed by atoms with van der Waals surface area (Å²) in [5.74, 6) is 1.11. The van der Waals surface area contributed by atoms with Crippen molar-refractivity contribution >= 4 is 58.7 Å². The molecular weight excluding hydrogens is 529 g/mol. The van der Waals surface area contributed by atoms with E-state index in [9.17, 15) is 4.79 Å². The smallest absolute Gasteiger partial charge is 0.250 e. The van der Waals surface area contributed by atoms with Crippen LogP contribution in [0, 0.1) is 0 Å². The minimum atomic E-state index is -0.312. The van der Waals surface area contributed by atoms with Gasteiger partial charge in [0.1, 0.15) is 5.75 Å². The number of hydrogen-bond donors (Lipinski definition) is 1. The molecule has 0 atom stereocenters. The van der Waals surface area contributed by atoms with Crippen molar-refractivity contribution in [1.82, 2.24) is 20.2 Å². The molecule has 0 unspecified atom stereocenters. The van der Waals surface area contributed by atoms with E-state index >= 15 is 0 Å². The summed E-state index contributed by atoms with van der Waals surface area (Å²) in [4.78, 5) is 12.4. The van der Waals surface area contributed by atoms with Crippen LogP contribution >= 0.6 is 46.6 Å². The van der Waals surface area contributed by atoms with Crippen LogP contribution in [0.2, 0.25) is 15.1 Å². The van der Waals surface area contributed by atoms with Crippen molar-refractivity contribution < 1.29 is 9.53 Å². The molecule has 0 bridgehead atoms. The summed E-state index contributed by atoms with van der Waals surface area (Å²) in [6, 6.07) is 19.8. The lowest BCUT2D eigenvalue weighted by atomic mass is 10.2. The van der Waals surface area contributed by atoms with Gasteiger partial charge in [-0.3, -0.25) is 9.36 Å². The third-order valence-corrected chi connectivity index (χ3v) is 6.50. The lowest BCUT2D eigenvalue weighted by Gasteiger charge is -2.11. The zero-order valence-electron chi connectivity index (χ0n) is 18.3. The fourth-order valence-electron chi connectivity index (χ4n) is 3.06. The van der Waals surface area contributed by atoms with Crippen molar-refractivity contribution in [3.8, 4) is 22.8 Å². The Balaban J connectivity index is 1.51. The molecule has 0 aliphatic carbocycles. The van der Waals surface area contributed by atoms with E-state index < -0.39 is 0 Å². The van der Waals surface area contributed by atoms with Crippen LogP contribution in [0.5, 0.6) is 5.75 Å². The molecule has 1 amide bonds. The predicted molar refractivity (Wildman–Crippen MR) is 141 cm³/mol. The molecule has 35 heavy (non-hydrogen) atoms. The number of carbonyl (C=O) groups is 1. The normalized spacial score (nSPS) is 11.1. The van der Waals surface area contributed by atoms with Gasteiger partial charge in [-0.15, -0.1) is 10.2 Å². The van der Waals surface area contributed by atoms with Crippen LogP contribution < -0.4 is 10.2 Å². The zero-order chi connectivity index (χ0) is 24.8. The first-order valence-corrected chi connectivity index (χ1v) is 12.3. The van der Waals surface area contributed by atoms with E-state index in [1.165, 1.54) is 18.0 Å². The summed E-state index contributed by atoms with van der Waals surface area (Å²) < 4.78 is 7.11. The molecule has 1 aromatic heterocycles. The third kappa shape index (κ3) is 6.35. The Bertz CT molecular complexity index is 1360. The van der Waals surface area contributed by atoms with Crippen LogP contribution in [0.3, 0.4) is 0 Å². The number of thioether (sulfide) groups is 1. The van der Waals surface area contributed by atoms with Crippen LogP contribution in [-0.2, 0) is 4.79 Å². The van der Waals surface area contributed by atoms with E-state index in [0.717, 1.165) is 17.0 Å². The molecule has 3 aromatic carbocycles. The molecule has 4 aromatic rings. The number of nitrogens with one attached hydrogen (secondary N) is 1. The van der Waals surface area contributed by atoms with Gasteiger partial charge < -0.3 is 4.74 Å². The Kier molecular flexibility index (Phi) is 8.30. The van der Waals surface area contributed by atoms with Gasteiger partial charge in [0.15, 0.2) is 11.0 Å². The molecule has 1 heterocycles. The van der Waals surface area contributed by atoms with Crippen molar-refractivity contribution in [2.45, 2.75) is 5.16 Å². The van der Waals surface area contributed by atoms with Crippen molar-refractivity contribution in [2.24, 2.45) is 5.10 Å². The Labute approximate surface area is 221 Å². The van der Waals surface area contributed by atoms with Crippen LogP contribution in [0.25, 0.3) is 17.1 Å². The standard InChI is InChI=1S/C24H18Cl3N5O2S/c1-34-20-10-3-15(4-11-20)23-30-31-24(32(23)19-8-6-17(25)7-9-19)35-14-22(33)29-28-13-16-2-5-18(26)12-21(16)27/h2-13H,14H2,1H3,(H,29,33). The van der Waals surface area contributed by atoms with E-state index in [1.807, 2.05) is 41.0 Å². The average Bonchev–Trinajstić information content (AvgIpc) is 3.28. The van der Waals surface area contributed by atoms with Crippen LogP contribution in [0.1, 0.15) is 5.56 Å². The van der Waals surface area contributed by atoms with E-state index in [4.69, 9.17) is 39.5 Å². The van der Waals surface area contributed by atoms with Crippen LogP contribution in [0.15, 0.2) is 77.0 Å². The van der Waals surface area contributed by atoms with Gasteiger partial charge in [-0.05, 0) is 60.7 Å². The number of nitrogens with zero attached hydrogens (tertiary/aromatic N) is 4. The highest BCUT2D eigenvalue weighted by Crippen LogP contribution is 2.29. The van der Waals surface area contributed by atoms with Gasteiger partial charge in [0.2, 0.25) is 0 Å². The maximum atomic E-state index is 12.4. The Morgan fingerprint density at radius 2 is 1.74 bits per heavy atom. The summed E-state index contributed by atoms with van der Waals surface area (Å²) in [5.41, 5.74) is 4.78. The SMILES string of the molecule is COc1ccc(-c2nnc(SCC(=O)NN=Cc3ccc(Cl)cc3Cl)n2-c2ccc(Cl)cc2)cc1. The van der Waals surface area contributed by atoms with Gasteiger partial charge in [-0.2, -0.15) is 5.10 Å². The van der Waals surface area contributed by atoms with Crippen LogP contribution in [-0.4, -0.2) is 39.7 Å². The largest absolute Gasteiger partial charge is 0.497 e. The maximum absolute atomic E-state index is 12.4. The second-order valence-electron chi connectivity index (χ2n) is 7.09. The van der Waals surface area contributed by atoms with Crippen molar-refractivity contribution in [1.29, 1.82) is 0 Å². The lowest BCUT2D eigenvalue weighted by Crippen LogP contribution is -2.20. The lowest BCUT2D eigenvalue weighted by molar-refractivity contribution is -0.118. The maximum Gasteiger partial charge on any atom is 0.250 e. The number of amides is 1. The second kappa shape index (κ2) is 11.6. The van der Waals surface area contributed by atoms with Gasteiger partial charge in [-0.25, -0.2) is 5.43 Å². The molecule has 0 radical (unpaired) electrons. The van der Waals surface area contributed by atoms with Gasteiger partial charge in [-0.1, -0.05) is 52.6 Å². The fraction of sp³-hybridized carbons (Fsp3) is 0.0833. The molecule has 7 nitrogen and oxygen atoms in total. The van der Waals surface area contributed by atoms with Crippen molar-refractivity contribution in [2.75, 3.05) is 12.9 Å². The zero-order valence-corrected chi connectivity index (χ0v) is 21.4. The molecule has 0 saturated carbocycles. The molecule has 1 N–H and O–H groups in total. The number of carbonyl (C=O) groups excluding carboxylic acids is 1. The van der Waals surface area contributed by atoms with Crippen LogP contribution in [0.4, 0.5) is 0 Å². The minimum absolute atomic E-state index is 0.0695. The number of aromatic nitrogens is 3. The number of methoxy groups -OCH3 is 1. The quantitative estimate of drug-likeness (QED) is 0.163. The minimum Gasteiger partial charge on any atom is -0.497 e. The van der Waals surface area contributed by atoms with Crippen molar-refractivity contribution in [3.63, 3.8) is 0 Å². The molecule has 0 fully saturated rings. The first-order valence-electron chi connectivity index (χ1n) is 10.2. The first kappa shape index (κ1) is 25.1. The van der Waals surface area contributed by atoms with Gasteiger partial charge in [0, 0.05) is 26.9 Å². The summed E-state index contributed by atoms with van der Waals surface area (Å²) >= 11 is 19.3. The highest BCUT2D eigenvalue weighted by atomic mass is 35.5. The monoisotopic (exact) mass is 545 g/mol. The highest BCUT2D eigenvalue weighted by Gasteiger charge is 2.17. The second-order valence-corrected chi connectivity index (χ2v) is 9.32. The number of rotatable bonds is 8. The number of hydrazone groups is 1. The Hall–Kier alpha value is -3.04. The Morgan fingerprint density at radius 1 is 1.03 bits per heavy atom. The first-order chi connectivity index (χ1) is 16.9. The average molecular weight is 547 g/mol. The summed E-state index contributed by atoms with van der Waals surface area (Å²) in [6.07, 6.45) is 1.46. The number of benzene rings is 3. The van der Waals surface area contributed by atoms with Gasteiger partial charge in [0.05, 0.1) is 24.1 Å². The molecule has 178 valence electrons. The van der Waals surface area contributed by atoms with E-state index in [-0.39, 0.29) is 11.7 Å². The fourth-order valence-corrected chi connectivity index (χ4v) is 4.38. The molecule has 0 spiro atoms. The number of halogens is 3. The molecule has 4 rings (SSSR count). The molecule has 0 aliphatic rings. The summed E-state index contributed by atoms with van der Waals surface area (Å²) in [7, 11) is 1.61. The summed E-state index contributed by atoms with van der Waals surface area (Å²) in [5, 5.41) is 14.8. The number of ether oxygens (including phenoxy) is 1. The summed E-state index contributed by atoms with van der Waals surface area (Å²) in [6.45, 7) is 0.